The van der Waals surface area contributed by atoms with Gasteiger partial charge in [-0.2, -0.15) is 0 Å². The molecule has 0 fully saturated rings. The number of rotatable bonds is 6. The largest absolute Gasteiger partial charge is 0.393 e. The van der Waals surface area contributed by atoms with Gasteiger partial charge in [-0.1, -0.05) is 13.8 Å². The van der Waals surface area contributed by atoms with Crippen molar-refractivity contribution in [3.63, 3.8) is 0 Å². The van der Waals surface area contributed by atoms with Crippen LogP contribution in [0.1, 0.15) is 38.0 Å². The Hall–Kier alpha value is -0.390. The summed E-state index contributed by atoms with van der Waals surface area (Å²) < 4.78 is 1.03. The molecule has 0 aliphatic carbocycles. The standard InChI is InChI=1S/C13H20BrNO2S/c1-8(2)10(16)6-7-15-13(17)9(3)11-4-5-12(14)18-11/h4-5,8-10,16H,6-7H2,1-3H3,(H,15,17). The molecule has 0 radical (unpaired) electrons. The van der Waals surface area contributed by atoms with E-state index < -0.39 is 0 Å². The van der Waals surface area contributed by atoms with E-state index in [0.29, 0.717) is 13.0 Å². The fourth-order valence-electron chi connectivity index (χ4n) is 1.52. The van der Waals surface area contributed by atoms with Crippen molar-refractivity contribution >= 4 is 33.2 Å². The van der Waals surface area contributed by atoms with Crippen LogP contribution in [0.15, 0.2) is 15.9 Å². The predicted octanol–water partition coefficient (Wildman–Crippen LogP) is 3.14. The van der Waals surface area contributed by atoms with Crippen LogP contribution in [0.3, 0.4) is 0 Å². The van der Waals surface area contributed by atoms with Gasteiger partial charge in [0.15, 0.2) is 0 Å². The molecule has 1 aromatic heterocycles. The van der Waals surface area contributed by atoms with E-state index in [2.05, 4.69) is 21.2 Å². The van der Waals surface area contributed by atoms with Crippen LogP contribution in [0.25, 0.3) is 0 Å². The fraction of sp³-hybridized carbons (Fsp3) is 0.615. The summed E-state index contributed by atoms with van der Waals surface area (Å²) in [5, 5.41) is 12.5. The first-order chi connectivity index (χ1) is 8.41. The molecule has 0 aliphatic rings. The van der Waals surface area contributed by atoms with E-state index in [9.17, 15) is 9.90 Å². The number of carbonyl (C=O) groups excluding carboxylic acids is 1. The van der Waals surface area contributed by atoms with Gasteiger partial charge in [0.2, 0.25) is 5.91 Å². The zero-order valence-corrected chi connectivity index (χ0v) is 13.3. The first-order valence-corrected chi connectivity index (χ1v) is 7.73. The molecule has 0 aromatic carbocycles. The Bertz CT molecular complexity index is 392. The van der Waals surface area contributed by atoms with E-state index in [-0.39, 0.29) is 23.8 Å². The lowest BCUT2D eigenvalue weighted by molar-refractivity contribution is -0.122. The number of hydrogen-bond donors (Lipinski definition) is 2. The minimum Gasteiger partial charge on any atom is -0.393 e. The monoisotopic (exact) mass is 333 g/mol. The molecule has 2 N–H and O–H groups in total. The highest BCUT2D eigenvalue weighted by molar-refractivity contribution is 9.11. The highest BCUT2D eigenvalue weighted by atomic mass is 79.9. The van der Waals surface area contributed by atoms with Crippen LogP contribution in [0.2, 0.25) is 0 Å². The summed E-state index contributed by atoms with van der Waals surface area (Å²) in [6.07, 6.45) is 0.251. The molecule has 3 nitrogen and oxygen atoms in total. The smallest absolute Gasteiger partial charge is 0.228 e. The van der Waals surface area contributed by atoms with Crippen molar-refractivity contribution in [1.29, 1.82) is 0 Å². The van der Waals surface area contributed by atoms with Crippen LogP contribution in [0.4, 0.5) is 0 Å². The minimum atomic E-state index is -0.350. The van der Waals surface area contributed by atoms with E-state index in [1.807, 2.05) is 32.9 Å². The SMILES string of the molecule is CC(C(=O)NCCC(O)C(C)C)c1ccc(Br)s1. The first-order valence-electron chi connectivity index (χ1n) is 6.12. The van der Waals surface area contributed by atoms with Crippen molar-refractivity contribution in [3.05, 3.63) is 20.8 Å². The van der Waals surface area contributed by atoms with Crippen LogP contribution < -0.4 is 5.32 Å². The normalized spacial score (nSPS) is 14.6. The number of amides is 1. The summed E-state index contributed by atoms with van der Waals surface area (Å²) in [6.45, 7) is 6.36. The van der Waals surface area contributed by atoms with E-state index in [0.717, 1.165) is 8.66 Å². The van der Waals surface area contributed by atoms with Gasteiger partial charge in [0.1, 0.15) is 0 Å². The lowest BCUT2D eigenvalue weighted by Gasteiger charge is -2.15. The second kappa shape index (κ2) is 7.26. The maximum Gasteiger partial charge on any atom is 0.228 e. The first kappa shape index (κ1) is 15.7. The molecule has 1 amide bonds. The molecular formula is C13H20BrNO2S. The van der Waals surface area contributed by atoms with Crippen molar-refractivity contribution in [2.75, 3.05) is 6.54 Å². The predicted molar refractivity (Wildman–Crippen MR) is 78.9 cm³/mol. The summed E-state index contributed by atoms with van der Waals surface area (Å²) in [4.78, 5) is 12.9. The Morgan fingerprint density at radius 1 is 1.44 bits per heavy atom. The van der Waals surface area contributed by atoms with Gasteiger partial charge in [0.05, 0.1) is 15.8 Å². The summed E-state index contributed by atoms with van der Waals surface area (Å²) in [5.74, 6) is 0.102. The molecule has 102 valence electrons. The van der Waals surface area contributed by atoms with E-state index in [1.165, 1.54) is 0 Å². The van der Waals surface area contributed by atoms with Crippen molar-refractivity contribution in [1.82, 2.24) is 5.32 Å². The Morgan fingerprint density at radius 3 is 2.61 bits per heavy atom. The van der Waals surface area contributed by atoms with Gasteiger partial charge in [-0.3, -0.25) is 4.79 Å². The Balaban J connectivity index is 2.37. The Morgan fingerprint density at radius 2 is 2.11 bits per heavy atom. The van der Waals surface area contributed by atoms with Gasteiger partial charge in [0, 0.05) is 11.4 Å². The molecule has 2 atom stereocenters. The summed E-state index contributed by atoms with van der Waals surface area (Å²) >= 11 is 4.97. The summed E-state index contributed by atoms with van der Waals surface area (Å²) in [6, 6.07) is 3.91. The highest BCUT2D eigenvalue weighted by Crippen LogP contribution is 2.28. The lowest BCUT2D eigenvalue weighted by Crippen LogP contribution is -2.31. The van der Waals surface area contributed by atoms with Crippen LogP contribution >= 0.6 is 27.3 Å². The third-order valence-electron chi connectivity index (χ3n) is 2.92. The van der Waals surface area contributed by atoms with Crippen molar-refractivity contribution in [3.8, 4) is 0 Å². The molecule has 1 aromatic rings. The molecule has 0 bridgehead atoms. The average Bonchev–Trinajstić information content (AvgIpc) is 2.74. The van der Waals surface area contributed by atoms with Gasteiger partial charge in [-0.25, -0.2) is 0 Å². The minimum absolute atomic E-state index is 0.0142. The Kier molecular flexibility index (Phi) is 6.32. The number of aliphatic hydroxyl groups is 1. The second-order valence-electron chi connectivity index (χ2n) is 4.75. The molecule has 0 aliphatic heterocycles. The van der Waals surface area contributed by atoms with Crippen LogP contribution in [-0.2, 0) is 4.79 Å². The zero-order chi connectivity index (χ0) is 13.7. The van der Waals surface area contributed by atoms with Gasteiger partial charge < -0.3 is 10.4 Å². The molecule has 0 spiro atoms. The van der Waals surface area contributed by atoms with Gasteiger partial charge >= 0.3 is 0 Å². The molecule has 1 rings (SSSR count). The molecule has 0 saturated heterocycles. The topological polar surface area (TPSA) is 49.3 Å². The maximum absolute atomic E-state index is 11.9. The third-order valence-corrected chi connectivity index (χ3v) is 4.73. The Labute approximate surface area is 121 Å². The molecule has 2 unspecified atom stereocenters. The van der Waals surface area contributed by atoms with Crippen LogP contribution in [-0.4, -0.2) is 23.7 Å². The summed E-state index contributed by atoms with van der Waals surface area (Å²) in [7, 11) is 0. The number of halogens is 1. The lowest BCUT2D eigenvalue weighted by atomic mass is 10.0. The van der Waals surface area contributed by atoms with E-state index >= 15 is 0 Å². The third kappa shape index (κ3) is 4.71. The van der Waals surface area contributed by atoms with Crippen LogP contribution in [0.5, 0.6) is 0 Å². The average molecular weight is 334 g/mol. The van der Waals surface area contributed by atoms with E-state index in [4.69, 9.17) is 0 Å². The summed E-state index contributed by atoms with van der Waals surface area (Å²) in [5.41, 5.74) is 0. The number of nitrogens with one attached hydrogen (secondary N) is 1. The van der Waals surface area contributed by atoms with Crippen molar-refractivity contribution < 1.29 is 9.90 Å². The molecular weight excluding hydrogens is 314 g/mol. The molecule has 18 heavy (non-hydrogen) atoms. The van der Waals surface area contributed by atoms with E-state index in [1.54, 1.807) is 11.3 Å². The molecule has 5 heteroatoms. The number of hydrogen-bond acceptors (Lipinski definition) is 3. The van der Waals surface area contributed by atoms with Crippen LogP contribution in [0, 0.1) is 5.92 Å². The molecule has 1 heterocycles. The quantitative estimate of drug-likeness (QED) is 0.840. The van der Waals surface area contributed by atoms with Gasteiger partial charge in [-0.05, 0) is 47.3 Å². The number of aliphatic hydroxyl groups excluding tert-OH is 1. The molecule has 0 saturated carbocycles. The van der Waals surface area contributed by atoms with Crippen molar-refractivity contribution in [2.45, 2.75) is 39.2 Å². The zero-order valence-electron chi connectivity index (χ0n) is 10.9. The maximum atomic E-state index is 11.9. The fourth-order valence-corrected chi connectivity index (χ4v) is 2.99. The number of carbonyl (C=O) groups is 1. The number of thiophene rings is 1. The van der Waals surface area contributed by atoms with Gasteiger partial charge in [0.25, 0.3) is 0 Å². The second-order valence-corrected chi connectivity index (χ2v) is 7.25. The highest BCUT2D eigenvalue weighted by Gasteiger charge is 2.17. The van der Waals surface area contributed by atoms with Gasteiger partial charge in [-0.15, -0.1) is 11.3 Å². The van der Waals surface area contributed by atoms with Crippen molar-refractivity contribution in [2.24, 2.45) is 5.92 Å².